The second kappa shape index (κ2) is 5.29. The van der Waals surface area contributed by atoms with E-state index in [0.717, 1.165) is 32.2 Å². The minimum Gasteiger partial charge on any atom is -0.383 e. The van der Waals surface area contributed by atoms with Crippen LogP contribution < -0.4 is 10.2 Å². The van der Waals surface area contributed by atoms with Gasteiger partial charge in [-0.15, -0.1) is 0 Å². The van der Waals surface area contributed by atoms with Crippen LogP contribution in [0.2, 0.25) is 0 Å². The van der Waals surface area contributed by atoms with Crippen molar-refractivity contribution in [2.75, 3.05) is 31.7 Å². The molecule has 1 unspecified atom stereocenters. The number of para-hydroxylation sites is 1. The Hall–Kier alpha value is -1.06. The van der Waals surface area contributed by atoms with Crippen molar-refractivity contribution in [2.24, 2.45) is 5.92 Å². The van der Waals surface area contributed by atoms with Gasteiger partial charge in [0.05, 0.1) is 12.6 Å². The highest BCUT2D eigenvalue weighted by molar-refractivity contribution is 5.55. The maximum absolute atomic E-state index is 5.45. The summed E-state index contributed by atoms with van der Waals surface area (Å²) in [5, 5.41) is 3.51. The lowest BCUT2D eigenvalue weighted by Crippen LogP contribution is -2.42. The molecular weight excluding hydrogens is 224 g/mol. The molecule has 3 nitrogen and oxygen atoms in total. The first-order chi connectivity index (χ1) is 8.90. The molecule has 1 fully saturated rings. The molecule has 1 N–H and O–H groups in total. The number of hydrogen-bond acceptors (Lipinski definition) is 3. The van der Waals surface area contributed by atoms with E-state index in [0.29, 0.717) is 6.04 Å². The third kappa shape index (κ3) is 2.38. The molecule has 0 amide bonds. The lowest BCUT2D eigenvalue weighted by atomic mass is 10.1. The third-order valence-electron chi connectivity index (χ3n) is 4.05. The van der Waals surface area contributed by atoms with Gasteiger partial charge in [0.1, 0.15) is 0 Å². The first kappa shape index (κ1) is 12.0. The first-order valence-corrected chi connectivity index (χ1v) is 6.94. The van der Waals surface area contributed by atoms with Crippen molar-refractivity contribution in [1.82, 2.24) is 5.32 Å². The molecule has 1 aromatic rings. The number of rotatable bonds is 4. The van der Waals surface area contributed by atoms with Gasteiger partial charge in [0.25, 0.3) is 0 Å². The highest BCUT2D eigenvalue weighted by Crippen LogP contribution is 2.38. The van der Waals surface area contributed by atoms with Crippen molar-refractivity contribution in [3.63, 3.8) is 0 Å². The minimum absolute atomic E-state index is 0.552. The maximum Gasteiger partial charge on any atom is 0.0668 e. The van der Waals surface area contributed by atoms with Gasteiger partial charge in [0.2, 0.25) is 0 Å². The number of fused-ring (bicyclic) bond motifs is 1. The van der Waals surface area contributed by atoms with Crippen molar-refractivity contribution in [1.29, 1.82) is 0 Å². The predicted molar refractivity (Wildman–Crippen MR) is 73.9 cm³/mol. The number of ether oxygens (including phenoxy) is 1. The maximum atomic E-state index is 5.45. The first-order valence-electron chi connectivity index (χ1n) is 6.94. The molecule has 0 aromatic heterocycles. The molecule has 3 rings (SSSR count). The molecular formula is C15H22N2O. The fraction of sp³-hybridized carbons (Fsp3) is 0.600. The fourth-order valence-electron chi connectivity index (χ4n) is 2.96. The van der Waals surface area contributed by atoms with Gasteiger partial charge >= 0.3 is 0 Å². The highest BCUT2D eigenvalue weighted by Gasteiger charge is 2.36. The zero-order valence-corrected chi connectivity index (χ0v) is 11.1. The lowest BCUT2D eigenvalue weighted by Gasteiger charge is -2.33. The van der Waals surface area contributed by atoms with Crippen molar-refractivity contribution >= 4 is 5.69 Å². The Balaban J connectivity index is 1.89. The summed E-state index contributed by atoms with van der Waals surface area (Å²) in [6.45, 7) is 3.97. The van der Waals surface area contributed by atoms with E-state index in [1.54, 1.807) is 0 Å². The Morgan fingerprint density at radius 2 is 2.22 bits per heavy atom. The minimum atomic E-state index is 0.552. The molecule has 1 saturated carbocycles. The van der Waals surface area contributed by atoms with Gasteiger partial charge < -0.3 is 15.0 Å². The van der Waals surface area contributed by atoms with Crippen molar-refractivity contribution < 1.29 is 4.74 Å². The van der Waals surface area contributed by atoms with Crippen LogP contribution >= 0.6 is 0 Å². The summed E-state index contributed by atoms with van der Waals surface area (Å²) < 4.78 is 5.45. The Morgan fingerprint density at radius 3 is 3.00 bits per heavy atom. The molecule has 1 atom stereocenters. The van der Waals surface area contributed by atoms with Crippen molar-refractivity contribution in [3.8, 4) is 0 Å². The van der Waals surface area contributed by atoms with E-state index in [9.17, 15) is 0 Å². The van der Waals surface area contributed by atoms with E-state index < -0.39 is 0 Å². The van der Waals surface area contributed by atoms with Crippen LogP contribution in [0.3, 0.4) is 0 Å². The Morgan fingerprint density at radius 1 is 1.39 bits per heavy atom. The number of nitrogens with zero attached hydrogens (tertiary/aromatic N) is 1. The van der Waals surface area contributed by atoms with Crippen LogP contribution in [0.4, 0.5) is 5.69 Å². The lowest BCUT2D eigenvalue weighted by molar-refractivity contribution is 0.169. The van der Waals surface area contributed by atoms with Gasteiger partial charge in [0, 0.05) is 32.4 Å². The van der Waals surface area contributed by atoms with Crippen LogP contribution in [-0.2, 0) is 11.3 Å². The average Bonchev–Trinajstić information content (AvgIpc) is 3.23. The van der Waals surface area contributed by atoms with Crippen molar-refractivity contribution in [3.05, 3.63) is 29.8 Å². The second-order valence-corrected chi connectivity index (χ2v) is 5.36. The summed E-state index contributed by atoms with van der Waals surface area (Å²) in [4.78, 5) is 2.57. The Kier molecular flexibility index (Phi) is 3.52. The van der Waals surface area contributed by atoms with Gasteiger partial charge in [-0.25, -0.2) is 0 Å². The zero-order chi connectivity index (χ0) is 12.4. The zero-order valence-electron chi connectivity index (χ0n) is 11.1. The quantitative estimate of drug-likeness (QED) is 0.879. The number of hydrogen-bond donors (Lipinski definition) is 1. The van der Waals surface area contributed by atoms with Crippen LogP contribution in [0, 0.1) is 5.92 Å². The fourth-order valence-corrected chi connectivity index (χ4v) is 2.96. The van der Waals surface area contributed by atoms with E-state index >= 15 is 0 Å². The van der Waals surface area contributed by atoms with E-state index in [-0.39, 0.29) is 0 Å². The van der Waals surface area contributed by atoms with Gasteiger partial charge in [-0.1, -0.05) is 18.2 Å². The largest absolute Gasteiger partial charge is 0.383 e. The Bertz CT molecular complexity index is 403. The molecule has 1 heterocycles. The predicted octanol–water partition coefficient (Wildman–Crippen LogP) is 2.02. The summed E-state index contributed by atoms with van der Waals surface area (Å²) in [5.41, 5.74) is 2.81. The van der Waals surface area contributed by atoms with Crippen molar-refractivity contribution in [2.45, 2.75) is 25.4 Å². The van der Waals surface area contributed by atoms with E-state index in [2.05, 4.69) is 34.5 Å². The molecule has 3 heteroatoms. The van der Waals surface area contributed by atoms with Crippen LogP contribution in [0.5, 0.6) is 0 Å². The molecule has 0 radical (unpaired) electrons. The smallest absolute Gasteiger partial charge is 0.0668 e. The normalized spacial score (nSPS) is 21.3. The van der Waals surface area contributed by atoms with E-state index in [1.807, 2.05) is 7.11 Å². The molecule has 1 aliphatic carbocycles. The van der Waals surface area contributed by atoms with E-state index in [4.69, 9.17) is 4.74 Å². The highest BCUT2D eigenvalue weighted by atomic mass is 16.5. The second-order valence-electron chi connectivity index (χ2n) is 5.36. The standard InChI is InChI=1S/C15H22N2O/c1-18-11-15(12-6-7-12)17-9-8-16-10-13-4-2-3-5-14(13)17/h2-5,12,15-16H,6-11H2,1H3. The number of nitrogens with one attached hydrogen (secondary N) is 1. The molecule has 0 spiro atoms. The molecule has 18 heavy (non-hydrogen) atoms. The number of benzene rings is 1. The molecule has 0 bridgehead atoms. The van der Waals surface area contributed by atoms with Gasteiger partial charge in [-0.3, -0.25) is 0 Å². The summed E-state index contributed by atoms with van der Waals surface area (Å²) in [6.07, 6.45) is 2.72. The molecule has 98 valence electrons. The summed E-state index contributed by atoms with van der Waals surface area (Å²) >= 11 is 0. The monoisotopic (exact) mass is 246 g/mol. The molecule has 1 aromatic carbocycles. The summed E-state index contributed by atoms with van der Waals surface area (Å²) in [6, 6.07) is 9.32. The van der Waals surface area contributed by atoms with Crippen LogP contribution in [0.1, 0.15) is 18.4 Å². The molecule has 0 saturated heterocycles. The Labute approximate surface area is 109 Å². The van der Waals surface area contributed by atoms with Crippen LogP contribution in [0.15, 0.2) is 24.3 Å². The third-order valence-corrected chi connectivity index (χ3v) is 4.05. The molecule has 1 aliphatic heterocycles. The average molecular weight is 246 g/mol. The molecule has 2 aliphatic rings. The van der Waals surface area contributed by atoms with Gasteiger partial charge in [0.15, 0.2) is 0 Å². The topological polar surface area (TPSA) is 24.5 Å². The number of anilines is 1. The SMILES string of the molecule is COCC(C1CC1)N1CCNCc2ccccc21. The van der Waals surface area contributed by atoms with Gasteiger partial charge in [-0.05, 0) is 30.4 Å². The summed E-state index contributed by atoms with van der Waals surface area (Å²) in [5.74, 6) is 0.830. The number of methoxy groups -OCH3 is 1. The van der Waals surface area contributed by atoms with E-state index in [1.165, 1.54) is 24.1 Å². The van der Waals surface area contributed by atoms with Crippen LogP contribution in [0.25, 0.3) is 0 Å². The van der Waals surface area contributed by atoms with Crippen LogP contribution in [-0.4, -0.2) is 32.8 Å². The summed E-state index contributed by atoms with van der Waals surface area (Å²) in [7, 11) is 1.82. The van der Waals surface area contributed by atoms with Gasteiger partial charge in [-0.2, -0.15) is 0 Å².